The van der Waals surface area contributed by atoms with E-state index in [1.807, 2.05) is 24.0 Å². The minimum atomic E-state index is -4.74. The van der Waals surface area contributed by atoms with Gasteiger partial charge >= 0.3 is 6.36 Å². The van der Waals surface area contributed by atoms with Gasteiger partial charge in [0, 0.05) is 18.0 Å². The Balaban J connectivity index is 1.78. The Morgan fingerprint density at radius 3 is 2.32 bits per heavy atom. The molecular formula is C22H18F3N3O2S. The van der Waals surface area contributed by atoms with Gasteiger partial charge in [-0.1, -0.05) is 24.3 Å². The summed E-state index contributed by atoms with van der Waals surface area (Å²) in [4.78, 5) is 18.4. The summed E-state index contributed by atoms with van der Waals surface area (Å²) in [5.74, 6) is -0.284. The number of hydrogen-bond donors (Lipinski definition) is 0. The van der Waals surface area contributed by atoms with Crippen molar-refractivity contribution in [1.82, 2.24) is 4.98 Å². The summed E-state index contributed by atoms with van der Waals surface area (Å²) < 4.78 is 41.0. The number of aryl methyl sites for hydroxylation is 1. The number of anilines is 1. The molecule has 3 rings (SSSR count). The molecule has 0 aliphatic carbocycles. The molecule has 5 nitrogen and oxygen atoms in total. The largest absolute Gasteiger partial charge is 0.573 e. The monoisotopic (exact) mass is 445 g/mol. The van der Waals surface area contributed by atoms with Crippen LogP contribution in [0, 0.1) is 18.3 Å². The Hall–Kier alpha value is -3.38. The van der Waals surface area contributed by atoms with Crippen LogP contribution in [0.1, 0.15) is 32.1 Å². The molecule has 2 aromatic carbocycles. The second-order valence-corrected chi connectivity index (χ2v) is 7.91. The smallest absolute Gasteiger partial charge is 0.406 e. The number of hydrogen-bond acceptors (Lipinski definition) is 6. The van der Waals surface area contributed by atoms with Crippen LogP contribution in [0.4, 0.5) is 18.3 Å². The zero-order valence-electron chi connectivity index (χ0n) is 16.5. The van der Waals surface area contributed by atoms with E-state index in [4.69, 9.17) is 5.26 Å². The predicted molar refractivity (Wildman–Crippen MR) is 111 cm³/mol. The molecular weight excluding hydrogens is 427 g/mol. The summed E-state index contributed by atoms with van der Waals surface area (Å²) in [6, 6.07) is 15.0. The number of carbonyl (C=O) groups is 1. The second kappa shape index (κ2) is 9.62. The lowest BCUT2D eigenvalue weighted by Crippen LogP contribution is -2.25. The molecule has 0 unspecified atom stereocenters. The van der Waals surface area contributed by atoms with Gasteiger partial charge in [0.1, 0.15) is 11.4 Å². The third-order valence-electron chi connectivity index (χ3n) is 4.49. The maximum atomic E-state index is 12.4. The van der Waals surface area contributed by atoms with E-state index in [1.165, 1.54) is 23.5 Å². The van der Waals surface area contributed by atoms with Gasteiger partial charge < -0.3 is 9.64 Å². The lowest BCUT2D eigenvalue weighted by Gasteiger charge is -2.22. The maximum absolute atomic E-state index is 12.4. The van der Waals surface area contributed by atoms with Gasteiger partial charge in [-0.25, -0.2) is 4.98 Å². The van der Waals surface area contributed by atoms with Crippen molar-refractivity contribution in [2.45, 2.75) is 26.3 Å². The van der Waals surface area contributed by atoms with E-state index in [0.29, 0.717) is 42.2 Å². The molecule has 0 aliphatic heterocycles. The number of thiazole rings is 1. The zero-order valence-corrected chi connectivity index (χ0v) is 17.3. The molecule has 0 saturated heterocycles. The van der Waals surface area contributed by atoms with Crippen molar-refractivity contribution in [1.29, 1.82) is 5.26 Å². The van der Waals surface area contributed by atoms with Gasteiger partial charge in [0.25, 0.3) is 0 Å². The quantitative estimate of drug-likeness (QED) is 0.441. The first-order valence-corrected chi connectivity index (χ1v) is 10.1. The van der Waals surface area contributed by atoms with E-state index in [-0.39, 0.29) is 5.75 Å². The van der Waals surface area contributed by atoms with Crippen LogP contribution in [0.3, 0.4) is 0 Å². The number of carbonyl (C=O) groups excluding carboxylic acids is 1. The van der Waals surface area contributed by atoms with Crippen LogP contribution in [-0.2, 0) is 13.0 Å². The third-order valence-corrected chi connectivity index (χ3v) is 5.53. The van der Waals surface area contributed by atoms with Crippen LogP contribution in [0.2, 0.25) is 0 Å². The number of rotatable bonds is 8. The highest BCUT2D eigenvalue weighted by molar-refractivity contribution is 7.15. The Kier molecular flexibility index (Phi) is 6.92. The van der Waals surface area contributed by atoms with Crippen LogP contribution in [0.25, 0.3) is 0 Å². The topological polar surface area (TPSA) is 66.2 Å². The highest BCUT2D eigenvalue weighted by Crippen LogP contribution is 2.28. The van der Waals surface area contributed by atoms with Gasteiger partial charge in [0.15, 0.2) is 11.4 Å². The van der Waals surface area contributed by atoms with E-state index < -0.39 is 6.36 Å². The Bertz CT molecular complexity index is 1070. The molecule has 0 spiro atoms. The second-order valence-electron chi connectivity index (χ2n) is 6.73. The first kappa shape index (κ1) is 22.3. The fourth-order valence-corrected chi connectivity index (χ4v) is 3.81. The number of alkyl halides is 3. The van der Waals surface area contributed by atoms with Crippen LogP contribution < -0.4 is 9.64 Å². The average Bonchev–Trinajstić information content (AvgIpc) is 3.12. The average molecular weight is 445 g/mol. The standard InChI is InChI=1S/C22H18F3N3O2S/c1-15-20(14-29)27-21(31-15)28(11-10-16-2-4-17(12-26)5-3-16)13-18-6-8-19(9-7-18)30-22(23,24)25/h2-9,14H,10-11,13H2,1H3. The van der Waals surface area contributed by atoms with Crippen molar-refractivity contribution in [3.8, 4) is 11.8 Å². The van der Waals surface area contributed by atoms with E-state index in [1.54, 1.807) is 24.3 Å². The number of nitriles is 1. The van der Waals surface area contributed by atoms with Gasteiger partial charge in [0.05, 0.1) is 11.6 Å². The summed E-state index contributed by atoms with van der Waals surface area (Å²) in [6.45, 7) is 2.78. The maximum Gasteiger partial charge on any atom is 0.573 e. The molecule has 1 aromatic heterocycles. The minimum Gasteiger partial charge on any atom is -0.406 e. The molecule has 31 heavy (non-hydrogen) atoms. The minimum absolute atomic E-state index is 0.284. The number of halogens is 3. The van der Waals surface area contributed by atoms with Crippen molar-refractivity contribution in [3.63, 3.8) is 0 Å². The molecule has 160 valence electrons. The Morgan fingerprint density at radius 1 is 1.13 bits per heavy atom. The fraction of sp³-hybridized carbons (Fsp3) is 0.227. The predicted octanol–water partition coefficient (Wildman–Crippen LogP) is 5.28. The summed E-state index contributed by atoms with van der Waals surface area (Å²) in [6.07, 6.45) is -3.37. The van der Waals surface area contributed by atoms with Gasteiger partial charge in [-0.05, 0) is 48.7 Å². The van der Waals surface area contributed by atoms with Crippen molar-refractivity contribution in [2.75, 3.05) is 11.4 Å². The molecule has 0 aliphatic rings. The van der Waals surface area contributed by atoms with Gasteiger partial charge in [0.2, 0.25) is 0 Å². The molecule has 0 N–H and O–H groups in total. The highest BCUT2D eigenvalue weighted by atomic mass is 32.1. The SMILES string of the molecule is Cc1sc(N(CCc2ccc(C#N)cc2)Cc2ccc(OC(F)(F)F)cc2)nc1C=O. The van der Waals surface area contributed by atoms with Crippen molar-refractivity contribution in [2.24, 2.45) is 0 Å². The number of benzene rings is 2. The van der Waals surface area contributed by atoms with Crippen LogP contribution in [0.5, 0.6) is 5.75 Å². The van der Waals surface area contributed by atoms with E-state index in [2.05, 4.69) is 15.8 Å². The lowest BCUT2D eigenvalue weighted by molar-refractivity contribution is -0.274. The molecule has 0 saturated carbocycles. The molecule has 0 radical (unpaired) electrons. The summed E-state index contributed by atoms with van der Waals surface area (Å²) >= 11 is 1.39. The normalized spacial score (nSPS) is 11.1. The molecule has 3 aromatic rings. The van der Waals surface area contributed by atoms with Gasteiger partial charge in [-0.3, -0.25) is 4.79 Å². The molecule has 0 fully saturated rings. The van der Waals surface area contributed by atoms with Crippen LogP contribution >= 0.6 is 11.3 Å². The zero-order chi connectivity index (χ0) is 22.4. The first-order chi connectivity index (χ1) is 14.8. The van der Waals surface area contributed by atoms with Crippen LogP contribution in [-0.4, -0.2) is 24.2 Å². The third kappa shape index (κ3) is 6.30. The Labute approximate surface area is 181 Å². The van der Waals surface area contributed by atoms with Gasteiger partial charge in [-0.2, -0.15) is 5.26 Å². The van der Waals surface area contributed by atoms with E-state index >= 15 is 0 Å². The Morgan fingerprint density at radius 2 is 1.77 bits per heavy atom. The first-order valence-electron chi connectivity index (χ1n) is 9.28. The van der Waals surface area contributed by atoms with Crippen LogP contribution in [0.15, 0.2) is 48.5 Å². The summed E-state index contributed by atoms with van der Waals surface area (Å²) in [5, 5.41) is 9.58. The lowest BCUT2D eigenvalue weighted by atomic mass is 10.1. The molecule has 0 bridgehead atoms. The summed E-state index contributed by atoms with van der Waals surface area (Å²) in [7, 11) is 0. The number of ether oxygens (including phenoxy) is 1. The molecule has 0 amide bonds. The van der Waals surface area contributed by atoms with E-state index in [9.17, 15) is 18.0 Å². The molecule has 9 heteroatoms. The van der Waals surface area contributed by atoms with Crippen molar-refractivity contribution in [3.05, 3.63) is 75.8 Å². The van der Waals surface area contributed by atoms with Gasteiger partial charge in [-0.15, -0.1) is 24.5 Å². The van der Waals surface area contributed by atoms with E-state index in [0.717, 1.165) is 16.0 Å². The summed E-state index contributed by atoms with van der Waals surface area (Å²) in [5.41, 5.74) is 2.75. The van der Waals surface area contributed by atoms with Crippen molar-refractivity contribution < 1.29 is 22.7 Å². The molecule has 0 atom stereocenters. The number of nitrogens with zero attached hydrogens (tertiary/aromatic N) is 3. The number of aldehydes is 1. The van der Waals surface area contributed by atoms with Crippen molar-refractivity contribution >= 4 is 22.8 Å². The number of aromatic nitrogens is 1. The fourth-order valence-electron chi connectivity index (χ4n) is 2.91. The molecule has 1 heterocycles. The highest BCUT2D eigenvalue weighted by Gasteiger charge is 2.31.